The molecule has 0 spiro atoms. The van der Waals surface area contributed by atoms with Gasteiger partial charge in [0.15, 0.2) is 0 Å². The van der Waals surface area contributed by atoms with Crippen molar-refractivity contribution in [1.82, 2.24) is 15.2 Å². The first-order chi connectivity index (χ1) is 16.8. The Kier molecular flexibility index (Phi) is 8.69. The number of nitrogens with one attached hydrogen (secondary N) is 2. The highest BCUT2D eigenvalue weighted by molar-refractivity contribution is 6.01. The number of fused-ring (bicyclic) bond motifs is 1. The van der Waals surface area contributed by atoms with E-state index < -0.39 is 18.0 Å². The minimum absolute atomic E-state index is 0.116. The lowest BCUT2D eigenvalue weighted by molar-refractivity contribution is -0.127. The topological polar surface area (TPSA) is 115 Å². The Labute approximate surface area is 206 Å². The normalized spacial score (nSPS) is 17.1. The van der Waals surface area contributed by atoms with Crippen LogP contribution in [-0.4, -0.2) is 53.2 Å². The zero-order chi connectivity index (χ0) is 25.5. The van der Waals surface area contributed by atoms with E-state index in [4.69, 9.17) is 4.74 Å². The third kappa shape index (κ3) is 6.10. The van der Waals surface area contributed by atoms with E-state index in [1.807, 2.05) is 32.0 Å². The molecular formula is C27H34N4O4. The molecule has 1 aromatic carbocycles. The molecule has 0 bridgehead atoms. The van der Waals surface area contributed by atoms with Crippen LogP contribution >= 0.6 is 0 Å². The minimum atomic E-state index is -0.802. The van der Waals surface area contributed by atoms with E-state index in [1.54, 1.807) is 19.3 Å². The fourth-order valence-corrected chi connectivity index (χ4v) is 4.72. The van der Waals surface area contributed by atoms with Crippen molar-refractivity contribution in [3.8, 4) is 11.8 Å². The molecule has 35 heavy (non-hydrogen) atoms. The Balaban J connectivity index is 1.86. The molecule has 3 atom stereocenters. The summed E-state index contributed by atoms with van der Waals surface area (Å²) in [6.07, 6.45) is 4.39. The standard InChI is InChI=1S/C27H34N4O4/c1-5-12-31(27(34)22-15-20-21(30-22)9-7-11-25(20)35-4)23(13-17(2)3)26(33)29-19(16-28)14-18-8-6-10-24(18)32/h5,7,9,11,15,17-19,23,30H,1,6,8,10,12-14H2,2-4H3,(H,29,33)/t18-,19-,23-/m0/s1. The van der Waals surface area contributed by atoms with Gasteiger partial charge >= 0.3 is 0 Å². The molecule has 186 valence electrons. The second kappa shape index (κ2) is 11.7. The maximum atomic E-state index is 13.6. The molecule has 1 aliphatic carbocycles. The number of H-pyrrole nitrogens is 1. The summed E-state index contributed by atoms with van der Waals surface area (Å²) >= 11 is 0. The van der Waals surface area contributed by atoms with Crippen LogP contribution < -0.4 is 10.1 Å². The van der Waals surface area contributed by atoms with E-state index in [0.29, 0.717) is 30.7 Å². The first-order valence-electron chi connectivity index (χ1n) is 12.1. The van der Waals surface area contributed by atoms with Crippen molar-refractivity contribution in [1.29, 1.82) is 5.26 Å². The molecule has 3 rings (SSSR count). The van der Waals surface area contributed by atoms with Crippen LogP contribution in [0.15, 0.2) is 36.9 Å². The molecule has 2 N–H and O–H groups in total. The summed E-state index contributed by atoms with van der Waals surface area (Å²) in [7, 11) is 1.57. The maximum Gasteiger partial charge on any atom is 0.271 e. The first-order valence-corrected chi connectivity index (χ1v) is 12.1. The van der Waals surface area contributed by atoms with Gasteiger partial charge in [-0.2, -0.15) is 5.26 Å². The van der Waals surface area contributed by atoms with E-state index in [2.05, 4.69) is 22.9 Å². The van der Waals surface area contributed by atoms with Gasteiger partial charge in [0.05, 0.1) is 13.2 Å². The zero-order valence-corrected chi connectivity index (χ0v) is 20.7. The highest BCUT2D eigenvalue weighted by atomic mass is 16.5. The first kappa shape index (κ1) is 26.0. The average molecular weight is 479 g/mol. The summed E-state index contributed by atoms with van der Waals surface area (Å²) in [5.41, 5.74) is 1.09. The van der Waals surface area contributed by atoms with Gasteiger partial charge in [-0.1, -0.05) is 26.0 Å². The number of carbonyl (C=O) groups is 3. The quantitative estimate of drug-likeness (QED) is 0.474. The number of nitrogens with zero attached hydrogens (tertiary/aromatic N) is 2. The lowest BCUT2D eigenvalue weighted by atomic mass is 9.96. The maximum absolute atomic E-state index is 13.6. The van der Waals surface area contributed by atoms with Crippen LogP contribution in [-0.2, 0) is 9.59 Å². The van der Waals surface area contributed by atoms with Crippen molar-refractivity contribution in [2.24, 2.45) is 11.8 Å². The van der Waals surface area contributed by atoms with Crippen molar-refractivity contribution >= 4 is 28.5 Å². The van der Waals surface area contributed by atoms with Crippen LogP contribution in [0, 0.1) is 23.2 Å². The Morgan fingerprint density at radius 2 is 2.17 bits per heavy atom. The fraction of sp³-hybridized carbons (Fsp3) is 0.481. The number of amides is 2. The van der Waals surface area contributed by atoms with Gasteiger partial charge in [0, 0.05) is 29.8 Å². The highest BCUT2D eigenvalue weighted by Gasteiger charge is 2.34. The smallest absolute Gasteiger partial charge is 0.271 e. The summed E-state index contributed by atoms with van der Waals surface area (Å²) in [6, 6.07) is 7.76. The molecule has 8 heteroatoms. The van der Waals surface area contributed by atoms with Gasteiger partial charge in [-0.3, -0.25) is 14.4 Å². The Morgan fingerprint density at radius 1 is 1.40 bits per heavy atom. The number of Topliss-reactive ketones (excluding diaryl/α,β-unsaturated/α-hetero) is 1. The van der Waals surface area contributed by atoms with Crippen LogP contribution in [0.5, 0.6) is 5.75 Å². The number of rotatable bonds is 11. The van der Waals surface area contributed by atoms with Crippen molar-refractivity contribution in [2.45, 2.75) is 58.0 Å². The number of hydrogen-bond donors (Lipinski definition) is 2. The summed E-state index contributed by atoms with van der Waals surface area (Å²) < 4.78 is 5.41. The number of methoxy groups -OCH3 is 1. The molecule has 2 amide bonds. The Morgan fingerprint density at radius 3 is 2.77 bits per heavy atom. The number of aromatic nitrogens is 1. The van der Waals surface area contributed by atoms with E-state index in [-0.39, 0.29) is 30.1 Å². The second-order valence-electron chi connectivity index (χ2n) is 9.48. The molecule has 1 aromatic heterocycles. The van der Waals surface area contributed by atoms with Gasteiger partial charge in [0.2, 0.25) is 5.91 Å². The number of nitriles is 1. The van der Waals surface area contributed by atoms with Crippen LogP contribution in [0.25, 0.3) is 10.9 Å². The molecule has 1 fully saturated rings. The van der Waals surface area contributed by atoms with Crippen LogP contribution in [0.1, 0.15) is 56.4 Å². The van der Waals surface area contributed by atoms with Crippen molar-refractivity contribution in [3.05, 3.63) is 42.6 Å². The largest absolute Gasteiger partial charge is 0.496 e. The average Bonchev–Trinajstić information content (AvgIpc) is 3.46. The fourth-order valence-electron chi connectivity index (χ4n) is 4.72. The number of aromatic amines is 1. The zero-order valence-electron chi connectivity index (χ0n) is 20.7. The van der Waals surface area contributed by atoms with E-state index in [1.165, 1.54) is 4.90 Å². The van der Waals surface area contributed by atoms with E-state index >= 15 is 0 Å². The molecular weight excluding hydrogens is 444 g/mol. The van der Waals surface area contributed by atoms with Gasteiger partial charge in [-0.15, -0.1) is 6.58 Å². The SMILES string of the molecule is C=CCN(C(=O)c1cc2c(OC)cccc2[nH]1)[C@@H](CC(C)C)C(=O)N[C@H](C#N)C[C@@H]1CCCC1=O. The lowest BCUT2D eigenvalue weighted by Gasteiger charge is -2.31. The molecule has 1 saturated carbocycles. The minimum Gasteiger partial charge on any atom is -0.496 e. The van der Waals surface area contributed by atoms with Gasteiger partial charge in [0.1, 0.15) is 29.3 Å². The van der Waals surface area contributed by atoms with E-state index in [9.17, 15) is 19.6 Å². The van der Waals surface area contributed by atoms with Gasteiger partial charge < -0.3 is 19.9 Å². The molecule has 0 aliphatic heterocycles. The number of ether oxygens (including phenoxy) is 1. The van der Waals surface area contributed by atoms with Gasteiger partial charge in [-0.05, 0) is 49.8 Å². The summed E-state index contributed by atoms with van der Waals surface area (Å²) in [5.74, 6) is -0.0387. The van der Waals surface area contributed by atoms with Crippen LogP contribution in [0.4, 0.5) is 0 Å². The summed E-state index contributed by atoms with van der Waals surface area (Å²) in [4.78, 5) is 43.7. The number of carbonyl (C=O) groups excluding carboxylic acids is 3. The van der Waals surface area contributed by atoms with Crippen LogP contribution in [0.2, 0.25) is 0 Å². The predicted molar refractivity (Wildman–Crippen MR) is 134 cm³/mol. The van der Waals surface area contributed by atoms with Crippen molar-refractivity contribution in [3.63, 3.8) is 0 Å². The molecule has 1 aliphatic rings. The molecule has 8 nitrogen and oxygen atoms in total. The highest BCUT2D eigenvalue weighted by Crippen LogP contribution is 2.28. The lowest BCUT2D eigenvalue weighted by Crippen LogP contribution is -2.52. The molecule has 1 heterocycles. The summed E-state index contributed by atoms with van der Waals surface area (Å²) in [6.45, 7) is 7.89. The number of benzene rings is 1. The molecule has 0 saturated heterocycles. The second-order valence-corrected chi connectivity index (χ2v) is 9.48. The Bertz CT molecular complexity index is 1130. The number of hydrogen-bond acceptors (Lipinski definition) is 5. The summed E-state index contributed by atoms with van der Waals surface area (Å²) in [5, 5.41) is 13.2. The van der Waals surface area contributed by atoms with Crippen molar-refractivity contribution < 1.29 is 19.1 Å². The van der Waals surface area contributed by atoms with Gasteiger partial charge in [-0.25, -0.2) is 0 Å². The predicted octanol–water partition coefficient (Wildman–Crippen LogP) is 3.99. The van der Waals surface area contributed by atoms with Gasteiger partial charge in [0.25, 0.3) is 5.91 Å². The molecule has 2 aromatic rings. The van der Waals surface area contributed by atoms with E-state index in [0.717, 1.165) is 23.7 Å². The van der Waals surface area contributed by atoms with Crippen molar-refractivity contribution in [2.75, 3.05) is 13.7 Å². The third-order valence-corrected chi connectivity index (χ3v) is 6.46. The molecule has 0 unspecified atom stereocenters. The number of ketones is 1. The Hall–Kier alpha value is -3.60. The third-order valence-electron chi connectivity index (χ3n) is 6.46. The molecule has 0 radical (unpaired) electrons. The van der Waals surface area contributed by atoms with Crippen LogP contribution in [0.3, 0.4) is 0 Å². The monoisotopic (exact) mass is 478 g/mol.